The van der Waals surface area contributed by atoms with Crippen molar-refractivity contribution in [3.05, 3.63) is 77.8 Å². The molecule has 2 aromatic rings. The van der Waals surface area contributed by atoms with E-state index in [9.17, 15) is 13.9 Å². The van der Waals surface area contributed by atoms with Gasteiger partial charge in [0.05, 0.1) is 18.3 Å². The first kappa shape index (κ1) is 21.9. The molecule has 1 aliphatic rings. The number of ether oxygens (including phenoxy) is 1. The maximum Gasteiger partial charge on any atom is 0.173 e. The summed E-state index contributed by atoms with van der Waals surface area (Å²) in [6, 6.07) is 5.95. The van der Waals surface area contributed by atoms with E-state index in [0.29, 0.717) is 0 Å². The number of halogens is 2. The first-order valence-electron chi connectivity index (χ1n) is 9.69. The van der Waals surface area contributed by atoms with Crippen molar-refractivity contribution < 1.29 is 23.7 Å². The van der Waals surface area contributed by atoms with Crippen molar-refractivity contribution in [3.8, 4) is 5.75 Å². The third kappa shape index (κ3) is 5.02. The summed E-state index contributed by atoms with van der Waals surface area (Å²) >= 11 is 0. The molecule has 3 atom stereocenters. The Kier molecular flexibility index (Phi) is 7.51. The van der Waals surface area contributed by atoms with E-state index in [1.54, 1.807) is 18.6 Å². The third-order valence-corrected chi connectivity index (χ3v) is 5.06. The van der Waals surface area contributed by atoms with Gasteiger partial charge in [-0.1, -0.05) is 25.1 Å². The first-order valence-corrected chi connectivity index (χ1v) is 9.69. The van der Waals surface area contributed by atoms with E-state index in [4.69, 9.17) is 9.84 Å². The molecule has 8 heteroatoms. The minimum Gasteiger partial charge on any atom is -0.488 e. The van der Waals surface area contributed by atoms with E-state index < -0.39 is 29.2 Å². The number of hydrazine groups is 1. The van der Waals surface area contributed by atoms with Gasteiger partial charge >= 0.3 is 0 Å². The fraction of sp³-hybridized carbons (Fsp3) is 0.318. The molecule has 0 bridgehead atoms. The van der Waals surface area contributed by atoms with E-state index in [-0.39, 0.29) is 31.4 Å². The van der Waals surface area contributed by atoms with Gasteiger partial charge in [0, 0.05) is 36.6 Å². The Hall–Kier alpha value is -2.81. The molecule has 30 heavy (non-hydrogen) atoms. The van der Waals surface area contributed by atoms with Crippen LogP contribution < -0.4 is 15.6 Å². The number of nitrogens with one attached hydrogen (secondary N) is 2. The van der Waals surface area contributed by atoms with Gasteiger partial charge in [0.1, 0.15) is 12.4 Å². The fourth-order valence-electron chi connectivity index (χ4n) is 3.35. The van der Waals surface area contributed by atoms with Gasteiger partial charge in [0.2, 0.25) is 0 Å². The van der Waals surface area contributed by atoms with Gasteiger partial charge in [0.25, 0.3) is 0 Å². The van der Waals surface area contributed by atoms with Crippen LogP contribution in [0.1, 0.15) is 24.2 Å². The first-order chi connectivity index (χ1) is 14.5. The highest BCUT2D eigenvalue weighted by Gasteiger charge is 2.31. The molecule has 160 valence electrons. The highest BCUT2D eigenvalue weighted by atomic mass is 19.1. The summed E-state index contributed by atoms with van der Waals surface area (Å²) in [7, 11) is 0. The van der Waals surface area contributed by atoms with E-state index >= 15 is 0 Å². The number of hydrogen-bond acceptors (Lipinski definition) is 6. The molecule has 3 rings (SSSR count). The van der Waals surface area contributed by atoms with Crippen molar-refractivity contribution >= 4 is 5.57 Å². The molecule has 2 heterocycles. The number of aliphatic hydroxyl groups excluding tert-OH is 2. The van der Waals surface area contributed by atoms with Crippen LogP contribution in [0.4, 0.5) is 8.78 Å². The largest absolute Gasteiger partial charge is 0.488 e. The topological polar surface area (TPSA) is 86.6 Å². The number of rotatable bonds is 6. The predicted octanol–water partition coefficient (Wildman–Crippen LogP) is 2.72. The van der Waals surface area contributed by atoms with E-state index in [1.165, 1.54) is 0 Å². The van der Waals surface area contributed by atoms with Crippen molar-refractivity contribution in [2.24, 2.45) is 11.8 Å². The lowest BCUT2D eigenvalue weighted by molar-refractivity contribution is 0.0784. The Bertz CT molecular complexity index is 906. The van der Waals surface area contributed by atoms with Crippen LogP contribution in [0.2, 0.25) is 0 Å². The Morgan fingerprint density at radius 2 is 2.13 bits per heavy atom. The molecule has 4 N–H and O–H groups in total. The molecule has 0 fully saturated rings. The second-order valence-corrected chi connectivity index (χ2v) is 7.04. The van der Waals surface area contributed by atoms with Crippen LogP contribution in [-0.4, -0.2) is 35.0 Å². The maximum absolute atomic E-state index is 14.9. The summed E-state index contributed by atoms with van der Waals surface area (Å²) in [5, 5.41) is 19.8. The zero-order chi connectivity index (χ0) is 21.5. The summed E-state index contributed by atoms with van der Waals surface area (Å²) in [6.45, 7) is 1.69. The van der Waals surface area contributed by atoms with Gasteiger partial charge < -0.3 is 20.4 Å². The lowest BCUT2D eigenvalue weighted by Crippen LogP contribution is -2.37. The predicted molar refractivity (Wildman–Crippen MR) is 109 cm³/mol. The molecule has 0 amide bonds. The molecule has 1 aromatic heterocycles. The molecule has 0 radical (unpaired) electrons. The van der Waals surface area contributed by atoms with Crippen molar-refractivity contribution in [1.82, 2.24) is 15.8 Å². The fourth-order valence-corrected chi connectivity index (χ4v) is 3.35. The van der Waals surface area contributed by atoms with Gasteiger partial charge in [-0.05, 0) is 29.7 Å². The van der Waals surface area contributed by atoms with Crippen molar-refractivity contribution in [2.45, 2.75) is 13.0 Å². The number of nitrogens with zero attached hydrogens (tertiary/aromatic N) is 1. The molecular weight excluding hydrogens is 392 g/mol. The van der Waals surface area contributed by atoms with Crippen LogP contribution in [0.15, 0.2) is 55.0 Å². The Labute approximate surface area is 173 Å². The molecule has 0 saturated carbocycles. The van der Waals surface area contributed by atoms with Gasteiger partial charge in [0.15, 0.2) is 11.6 Å². The number of hydrogen-bond donors (Lipinski definition) is 4. The lowest BCUT2D eigenvalue weighted by atomic mass is 9.84. The molecule has 0 spiro atoms. The third-order valence-electron chi connectivity index (χ3n) is 5.06. The quantitative estimate of drug-likeness (QED) is 0.578. The van der Waals surface area contributed by atoms with Crippen molar-refractivity contribution in [1.29, 1.82) is 0 Å². The lowest BCUT2D eigenvalue weighted by Gasteiger charge is -2.28. The number of aromatic nitrogens is 1. The van der Waals surface area contributed by atoms with Crippen LogP contribution in [0.5, 0.6) is 5.75 Å². The van der Waals surface area contributed by atoms with Gasteiger partial charge in [-0.25, -0.2) is 14.2 Å². The summed E-state index contributed by atoms with van der Waals surface area (Å²) in [6.07, 6.45) is 7.54. The molecule has 3 unspecified atom stereocenters. The minimum atomic E-state index is -1.42. The summed E-state index contributed by atoms with van der Waals surface area (Å²) in [5.41, 5.74) is 7.27. The van der Waals surface area contributed by atoms with Crippen molar-refractivity contribution in [2.75, 3.05) is 19.8 Å². The zero-order valence-corrected chi connectivity index (χ0v) is 16.6. The molecule has 0 saturated heterocycles. The SMILES string of the molecule is CC1C=C/C(c2cccnc2)=C\NNCC1C(O)c1c(F)ccc(OCCO)c1F. The van der Waals surface area contributed by atoms with Crippen LogP contribution >= 0.6 is 0 Å². The average Bonchev–Trinajstić information content (AvgIpc) is 2.84. The molecule has 6 nitrogen and oxygen atoms in total. The van der Waals surface area contributed by atoms with Crippen LogP contribution in [0, 0.1) is 23.5 Å². The number of allylic oxidation sites excluding steroid dienone is 3. The zero-order valence-electron chi connectivity index (χ0n) is 16.6. The van der Waals surface area contributed by atoms with Crippen LogP contribution in [0.25, 0.3) is 5.57 Å². The smallest absolute Gasteiger partial charge is 0.173 e. The van der Waals surface area contributed by atoms with E-state index in [1.807, 2.05) is 31.2 Å². The highest BCUT2D eigenvalue weighted by molar-refractivity contribution is 5.73. The summed E-state index contributed by atoms with van der Waals surface area (Å²) in [5.74, 6) is -2.78. The molecule has 1 aromatic carbocycles. The summed E-state index contributed by atoms with van der Waals surface area (Å²) < 4.78 is 34.4. The minimum absolute atomic E-state index is 0.130. The number of aliphatic hydroxyl groups is 2. The number of benzene rings is 1. The summed E-state index contributed by atoms with van der Waals surface area (Å²) in [4.78, 5) is 4.11. The normalized spacial score (nSPS) is 22.1. The van der Waals surface area contributed by atoms with Crippen LogP contribution in [0.3, 0.4) is 0 Å². The highest BCUT2D eigenvalue weighted by Crippen LogP contribution is 2.35. The Morgan fingerprint density at radius 3 is 2.87 bits per heavy atom. The van der Waals surface area contributed by atoms with Gasteiger partial charge in [-0.3, -0.25) is 4.98 Å². The maximum atomic E-state index is 14.9. The number of pyridine rings is 1. The van der Waals surface area contributed by atoms with Crippen molar-refractivity contribution in [3.63, 3.8) is 0 Å². The standard InChI is InChI=1S/C22H25F2N3O3/c1-14-4-5-16(15-3-2-8-25-11-15)12-26-27-13-17(14)22(29)20-18(23)6-7-19(21(20)24)30-10-9-28/h2-8,11-12,14,17,22,26-29H,9-10,13H2,1H3/b5-4?,16-12+. The molecular formula is C22H25F2N3O3. The second-order valence-electron chi connectivity index (χ2n) is 7.04. The van der Waals surface area contributed by atoms with Crippen LogP contribution in [-0.2, 0) is 0 Å². The Morgan fingerprint density at radius 1 is 1.30 bits per heavy atom. The van der Waals surface area contributed by atoms with Gasteiger partial charge in [-0.2, -0.15) is 0 Å². The Balaban J connectivity index is 1.86. The van der Waals surface area contributed by atoms with E-state index in [0.717, 1.165) is 23.3 Å². The molecule has 0 aliphatic carbocycles. The monoisotopic (exact) mass is 417 g/mol. The van der Waals surface area contributed by atoms with Gasteiger partial charge in [-0.15, -0.1) is 0 Å². The van der Waals surface area contributed by atoms with E-state index in [2.05, 4.69) is 15.8 Å². The molecule has 1 aliphatic heterocycles. The average molecular weight is 417 g/mol. The second kappa shape index (κ2) is 10.3.